The number of hydrogen-bond acceptors (Lipinski definition) is 3. The van der Waals surface area contributed by atoms with Gasteiger partial charge in [-0.3, -0.25) is 0 Å². The van der Waals surface area contributed by atoms with Crippen molar-refractivity contribution in [1.82, 2.24) is 10.3 Å². The van der Waals surface area contributed by atoms with Crippen molar-refractivity contribution in [3.05, 3.63) is 66.0 Å². The first-order valence-electron chi connectivity index (χ1n) is 16.6. The predicted molar refractivity (Wildman–Crippen MR) is 180 cm³/mol. The van der Waals surface area contributed by atoms with Gasteiger partial charge in [0.1, 0.15) is 0 Å². The Hall–Kier alpha value is -2.29. The molecule has 1 N–H and O–H groups in total. The van der Waals surface area contributed by atoms with Crippen LogP contribution in [0.4, 0.5) is 5.69 Å². The Balaban J connectivity index is 0.000000469. The van der Waals surface area contributed by atoms with E-state index in [9.17, 15) is 0 Å². The van der Waals surface area contributed by atoms with Crippen LogP contribution in [0.1, 0.15) is 136 Å². The second-order valence-electron chi connectivity index (χ2n) is 11.6. The lowest BCUT2D eigenvalue weighted by Crippen LogP contribution is -2.46. The monoisotopic (exact) mass is 550 g/mol. The van der Waals surface area contributed by atoms with Crippen molar-refractivity contribution >= 4 is 11.4 Å². The number of pyridine rings is 1. The molecule has 2 aromatic rings. The molecule has 3 rings (SSSR count). The molecule has 1 aliphatic rings. The molecule has 0 bridgehead atoms. The zero-order valence-corrected chi connectivity index (χ0v) is 27.6. The molecule has 1 aromatic carbocycles. The van der Waals surface area contributed by atoms with Gasteiger partial charge in [0, 0.05) is 18.6 Å². The van der Waals surface area contributed by atoms with E-state index in [4.69, 9.17) is 4.98 Å². The molecule has 0 radical (unpaired) electrons. The molecule has 0 aliphatic carbocycles. The van der Waals surface area contributed by atoms with Crippen LogP contribution in [0.3, 0.4) is 0 Å². The summed E-state index contributed by atoms with van der Waals surface area (Å²) < 4.78 is 0. The third kappa shape index (κ3) is 12.5. The van der Waals surface area contributed by atoms with Gasteiger partial charge in [-0.15, -0.1) is 0 Å². The van der Waals surface area contributed by atoms with Crippen LogP contribution >= 0.6 is 0 Å². The first-order chi connectivity index (χ1) is 19.3. The lowest BCUT2D eigenvalue weighted by molar-refractivity contribution is 0.309. The zero-order chi connectivity index (χ0) is 29.8. The average molecular weight is 550 g/mol. The molecule has 3 nitrogen and oxygen atoms in total. The van der Waals surface area contributed by atoms with Crippen molar-refractivity contribution in [3.63, 3.8) is 0 Å². The van der Waals surface area contributed by atoms with E-state index in [1.165, 1.54) is 88.5 Å². The van der Waals surface area contributed by atoms with Crippen molar-refractivity contribution in [2.24, 2.45) is 5.92 Å². The number of nitrogens with one attached hydrogen (secondary N) is 1. The van der Waals surface area contributed by atoms with Crippen LogP contribution < -0.4 is 10.2 Å². The molecule has 226 valence electrons. The second-order valence-corrected chi connectivity index (χ2v) is 11.6. The first kappa shape index (κ1) is 35.7. The van der Waals surface area contributed by atoms with Crippen molar-refractivity contribution in [2.45, 2.75) is 138 Å². The summed E-state index contributed by atoms with van der Waals surface area (Å²) in [5.74, 6) is 0.851. The maximum Gasteiger partial charge on any atom is 0.0859 e. The van der Waals surface area contributed by atoms with Crippen LogP contribution in [0.2, 0.25) is 0 Å². The van der Waals surface area contributed by atoms with Crippen molar-refractivity contribution in [3.8, 4) is 0 Å². The highest BCUT2D eigenvalue weighted by Gasteiger charge is 2.28. The van der Waals surface area contributed by atoms with Crippen LogP contribution in [0.25, 0.3) is 5.70 Å². The Kier molecular flexibility index (Phi) is 18.4. The highest BCUT2D eigenvalue weighted by atomic mass is 15.2. The summed E-state index contributed by atoms with van der Waals surface area (Å²) in [6.45, 7) is 24.5. The molecule has 0 amide bonds. The molecule has 1 saturated heterocycles. The first-order valence-corrected chi connectivity index (χ1v) is 16.6. The normalized spacial score (nSPS) is 12.9. The van der Waals surface area contributed by atoms with Gasteiger partial charge in [0.05, 0.1) is 22.8 Å². The average Bonchev–Trinajstić information content (AvgIpc) is 2.96. The topological polar surface area (TPSA) is 28.2 Å². The van der Waals surface area contributed by atoms with Gasteiger partial charge < -0.3 is 10.2 Å². The van der Waals surface area contributed by atoms with Gasteiger partial charge in [0.15, 0.2) is 0 Å². The highest BCUT2D eigenvalue weighted by molar-refractivity contribution is 5.63. The van der Waals surface area contributed by atoms with Crippen molar-refractivity contribution in [2.75, 3.05) is 18.0 Å². The Labute approximate surface area is 249 Å². The maximum atomic E-state index is 4.87. The molecule has 1 aromatic heterocycles. The minimum atomic E-state index is 0.145. The number of aromatic nitrogens is 1. The predicted octanol–water partition coefficient (Wildman–Crippen LogP) is 10.8. The SMILES string of the molecule is C=C(NC(CC)(CC)CCCCC)c1ccc(N2CC(CC)C2)c(C)n1.CCCC.CCCCc1ccccc1. The highest BCUT2D eigenvalue weighted by Crippen LogP contribution is 2.30. The van der Waals surface area contributed by atoms with E-state index < -0.39 is 0 Å². The zero-order valence-electron chi connectivity index (χ0n) is 27.6. The molecule has 1 fully saturated rings. The van der Waals surface area contributed by atoms with Crippen LogP contribution in [0.15, 0.2) is 49.0 Å². The van der Waals surface area contributed by atoms with Crippen LogP contribution in [0, 0.1) is 12.8 Å². The molecule has 0 unspecified atom stereocenters. The molecule has 1 aliphatic heterocycles. The molecule has 40 heavy (non-hydrogen) atoms. The largest absolute Gasteiger partial charge is 0.378 e. The van der Waals surface area contributed by atoms with E-state index in [0.29, 0.717) is 0 Å². The lowest BCUT2D eigenvalue weighted by atomic mass is 9.86. The van der Waals surface area contributed by atoms with Crippen LogP contribution in [0.5, 0.6) is 0 Å². The molecule has 0 spiro atoms. The Bertz CT molecular complexity index is 908. The lowest BCUT2D eigenvalue weighted by Gasteiger charge is -2.41. The minimum absolute atomic E-state index is 0.145. The Morgan fingerprint density at radius 2 is 1.48 bits per heavy atom. The summed E-state index contributed by atoms with van der Waals surface area (Å²) in [4.78, 5) is 7.32. The van der Waals surface area contributed by atoms with E-state index in [1.807, 2.05) is 0 Å². The number of benzene rings is 1. The minimum Gasteiger partial charge on any atom is -0.378 e. The molecular formula is C37H63N3. The summed E-state index contributed by atoms with van der Waals surface area (Å²) in [5, 5.41) is 3.75. The number of hydrogen-bond donors (Lipinski definition) is 1. The second kappa shape index (κ2) is 20.6. The third-order valence-corrected chi connectivity index (χ3v) is 8.43. The van der Waals surface area contributed by atoms with Gasteiger partial charge in [-0.25, -0.2) is 4.98 Å². The summed E-state index contributed by atoms with van der Waals surface area (Å²) in [6, 6.07) is 15.0. The molecule has 2 heterocycles. The smallest absolute Gasteiger partial charge is 0.0859 e. The molecule has 0 saturated carbocycles. The van der Waals surface area contributed by atoms with Gasteiger partial charge in [-0.05, 0) is 69.1 Å². The fourth-order valence-corrected chi connectivity index (χ4v) is 5.05. The van der Waals surface area contributed by atoms with Crippen molar-refractivity contribution in [1.29, 1.82) is 0 Å². The van der Waals surface area contributed by atoms with Crippen LogP contribution in [-0.2, 0) is 6.42 Å². The number of rotatable bonds is 15. The van der Waals surface area contributed by atoms with E-state index >= 15 is 0 Å². The quantitative estimate of drug-likeness (QED) is 0.224. The van der Waals surface area contributed by atoms with Gasteiger partial charge in [0.2, 0.25) is 0 Å². The standard InChI is InChI=1S/C23H39N3.C10H14.C4H10/c1-7-11-12-15-23(9-3,10-4)25-18(5)21-13-14-22(19(6)24-21)26-16-20(8-2)17-26;1-2-3-7-10-8-5-4-6-9-10;1-3-4-2/h13-14,20,25H,5,7-12,15-17H2,1-4,6H3;4-6,8-9H,2-3,7H2,1H3;3-4H2,1-2H3. The fraction of sp³-hybridized carbons (Fsp3) is 0.649. The van der Waals surface area contributed by atoms with Gasteiger partial charge in [-0.2, -0.15) is 0 Å². The van der Waals surface area contributed by atoms with E-state index in [1.54, 1.807) is 0 Å². The Morgan fingerprint density at radius 3 is 1.98 bits per heavy atom. The maximum absolute atomic E-state index is 4.87. The fourth-order valence-electron chi connectivity index (χ4n) is 5.05. The molecular weight excluding hydrogens is 486 g/mol. The summed E-state index contributed by atoms with van der Waals surface area (Å²) >= 11 is 0. The third-order valence-electron chi connectivity index (χ3n) is 8.43. The number of anilines is 1. The number of nitrogens with zero attached hydrogens (tertiary/aromatic N) is 2. The molecule has 0 atom stereocenters. The van der Waals surface area contributed by atoms with Gasteiger partial charge >= 0.3 is 0 Å². The van der Waals surface area contributed by atoms with Gasteiger partial charge in [-0.1, -0.05) is 124 Å². The Morgan fingerprint density at radius 1 is 0.850 bits per heavy atom. The van der Waals surface area contributed by atoms with E-state index in [-0.39, 0.29) is 5.54 Å². The summed E-state index contributed by atoms with van der Waals surface area (Å²) in [7, 11) is 0. The van der Waals surface area contributed by atoms with Crippen LogP contribution in [-0.4, -0.2) is 23.6 Å². The van der Waals surface area contributed by atoms with Gasteiger partial charge in [0.25, 0.3) is 0 Å². The van der Waals surface area contributed by atoms with E-state index in [0.717, 1.165) is 35.8 Å². The summed E-state index contributed by atoms with van der Waals surface area (Å²) in [6.07, 6.45) is 15.0. The van der Waals surface area contributed by atoms with E-state index in [2.05, 4.69) is 115 Å². The number of aryl methyl sites for hydroxylation is 2. The number of unbranched alkanes of at least 4 members (excludes halogenated alkanes) is 4. The molecule has 3 heteroatoms. The van der Waals surface area contributed by atoms with Crippen molar-refractivity contribution < 1.29 is 0 Å². The summed E-state index contributed by atoms with van der Waals surface area (Å²) in [5.41, 5.74) is 5.96.